The first kappa shape index (κ1) is 25.4. The Morgan fingerprint density at radius 1 is 0.857 bits per heavy atom. The molecule has 1 heterocycles. The van der Waals surface area contributed by atoms with E-state index in [1.807, 2.05) is 20.8 Å². The van der Waals surface area contributed by atoms with Crippen LogP contribution in [0.3, 0.4) is 0 Å². The Morgan fingerprint density at radius 2 is 1.49 bits per heavy atom. The first-order valence-corrected chi connectivity index (χ1v) is 11.3. The van der Waals surface area contributed by atoms with Crippen molar-refractivity contribution in [2.24, 2.45) is 5.10 Å². The molecule has 2 amide bonds. The monoisotopic (exact) mass is 479 g/mol. The molecular weight excluding hydrogens is 450 g/mol. The average Bonchev–Trinajstić information content (AvgIpc) is 3.40. The lowest BCUT2D eigenvalue weighted by Gasteiger charge is -2.16. The van der Waals surface area contributed by atoms with Gasteiger partial charge in [-0.15, -0.1) is 0 Å². The zero-order valence-electron chi connectivity index (χ0n) is 20.2. The first-order valence-electron chi connectivity index (χ1n) is 11.3. The number of ether oxygens (including phenoxy) is 3. The van der Waals surface area contributed by atoms with Gasteiger partial charge in [0.15, 0.2) is 17.3 Å². The minimum absolute atomic E-state index is 0.226. The third-order valence-corrected chi connectivity index (χ3v) is 4.80. The van der Waals surface area contributed by atoms with Gasteiger partial charge in [-0.25, -0.2) is 5.43 Å². The number of anilines is 1. The van der Waals surface area contributed by atoms with Gasteiger partial charge in [0.2, 0.25) is 5.75 Å². The van der Waals surface area contributed by atoms with Crippen molar-refractivity contribution < 1.29 is 28.2 Å². The van der Waals surface area contributed by atoms with Crippen LogP contribution in [0.2, 0.25) is 0 Å². The highest BCUT2D eigenvalue weighted by atomic mass is 16.5. The van der Waals surface area contributed by atoms with Gasteiger partial charge in [-0.2, -0.15) is 5.10 Å². The van der Waals surface area contributed by atoms with Gasteiger partial charge in [-0.3, -0.25) is 9.59 Å². The highest BCUT2D eigenvalue weighted by molar-refractivity contribution is 6.03. The lowest BCUT2D eigenvalue weighted by molar-refractivity contribution is 0.0952. The van der Waals surface area contributed by atoms with E-state index in [4.69, 9.17) is 18.6 Å². The SMILES string of the molecule is CCOc1cc(C(=O)NN=C(C)c2ccc(NC(=O)c3ccco3)cc2)cc(OCC)c1OCC. The van der Waals surface area contributed by atoms with Gasteiger partial charge in [-0.1, -0.05) is 12.1 Å². The van der Waals surface area contributed by atoms with Crippen LogP contribution in [0.5, 0.6) is 17.2 Å². The van der Waals surface area contributed by atoms with E-state index in [-0.39, 0.29) is 11.7 Å². The van der Waals surface area contributed by atoms with Crippen LogP contribution in [0.25, 0.3) is 0 Å². The summed E-state index contributed by atoms with van der Waals surface area (Å²) in [6.45, 7) is 8.59. The zero-order valence-corrected chi connectivity index (χ0v) is 20.2. The summed E-state index contributed by atoms with van der Waals surface area (Å²) in [5.74, 6) is 0.789. The predicted octanol–water partition coefficient (Wildman–Crippen LogP) is 4.88. The highest BCUT2D eigenvalue weighted by Gasteiger charge is 2.18. The van der Waals surface area contributed by atoms with Crippen LogP contribution in [0.15, 0.2) is 64.3 Å². The summed E-state index contributed by atoms with van der Waals surface area (Å²) in [7, 11) is 0. The van der Waals surface area contributed by atoms with Crippen molar-refractivity contribution in [3.05, 3.63) is 71.7 Å². The third-order valence-electron chi connectivity index (χ3n) is 4.80. The van der Waals surface area contributed by atoms with E-state index < -0.39 is 5.91 Å². The summed E-state index contributed by atoms with van der Waals surface area (Å²) in [6.07, 6.45) is 1.44. The van der Waals surface area contributed by atoms with Crippen molar-refractivity contribution in [1.82, 2.24) is 5.43 Å². The molecule has 0 saturated carbocycles. The van der Waals surface area contributed by atoms with Gasteiger partial charge < -0.3 is 23.9 Å². The Morgan fingerprint density at radius 3 is 2.03 bits per heavy atom. The maximum absolute atomic E-state index is 12.8. The molecule has 0 aliphatic carbocycles. The second-order valence-electron chi connectivity index (χ2n) is 7.25. The normalized spacial score (nSPS) is 11.0. The highest BCUT2D eigenvalue weighted by Crippen LogP contribution is 2.39. The number of amides is 2. The number of carbonyl (C=O) groups excluding carboxylic acids is 2. The van der Waals surface area contributed by atoms with Crippen LogP contribution < -0.4 is 25.0 Å². The number of furan rings is 1. The van der Waals surface area contributed by atoms with E-state index in [1.165, 1.54) is 6.26 Å². The van der Waals surface area contributed by atoms with Crippen molar-refractivity contribution in [1.29, 1.82) is 0 Å². The summed E-state index contributed by atoms with van der Waals surface area (Å²) in [6, 6.07) is 13.5. The lowest BCUT2D eigenvalue weighted by atomic mass is 10.1. The fourth-order valence-corrected chi connectivity index (χ4v) is 3.18. The first-order chi connectivity index (χ1) is 17.0. The number of hydrogen-bond donors (Lipinski definition) is 2. The molecule has 1 aromatic heterocycles. The summed E-state index contributed by atoms with van der Waals surface area (Å²) < 4.78 is 22.1. The van der Waals surface area contributed by atoms with Gasteiger partial charge in [0.25, 0.3) is 11.8 Å². The van der Waals surface area contributed by atoms with Crippen molar-refractivity contribution in [3.63, 3.8) is 0 Å². The number of rotatable bonds is 11. The van der Waals surface area contributed by atoms with Gasteiger partial charge in [0, 0.05) is 11.3 Å². The molecule has 0 aliphatic rings. The Hall–Kier alpha value is -4.27. The number of nitrogens with zero attached hydrogens (tertiary/aromatic N) is 1. The number of benzene rings is 2. The van der Waals surface area contributed by atoms with E-state index in [0.29, 0.717) is 54.0 Å². The van der Waals surface area contributed by atoms with Crippen molar-refractivity contribution in [2.75, 3.05) is 25.1 Å². The fourth-order valence-electron chi connectivity index (χ4n) is 3.18. The molecule has 2 aromatic carbocycles. The summed E-state index contributed by atoms with van der Waals surface area (Å²) in [5.41, 5.74) is 4.86. The number of hydrogen-bond acceptors (Lipinski definition) is 7. The van der Waals surface area contributed by atoms with Crippen LogP contribution in [-0.4, -0.2) is 37.3 Å². The summed E-state index contributed by atoms with van der Waals surface area (Å²) >= 11 is 0. The Balaban J connectivity index is 1.72. The maximum atomic E-state index is 12.8. The molecule has 0 bridgehead atoms. The molecule has 0 unspecified atom stereocenters. The van der Waals surface area contributed by atoms with Gasteiger partial charge in [0.05, 0.1) is 31.8 Å². The largest absolute Gasteiger partial charge is 0.490 e. The molecule has 3 aromatic rings. The molecule has 0 saturated heterocycles. The second kappa shape index (κ2) is 12.3. The van der Waals surface area contributed by atoms with E-state index in [9.17, 15) is 9.59 Å². The van der Waals surface area contributed by atoms with Crippen molar-refractivity contribution in [3.8, 4) is 17.2 Å². The van der Waals surface area contributed by atoms with E-state index in [0.717, 1.165) is 5.56 Å². The smallest absolute Gasteiger partial charge is 0.291 e. The van der Waals surface area contributed by atoms with E-state index in [2.05, 4.69) is 15.8 Å². The Labute approximate surface area is 204 Å². The van der Waals surface area contributed by atoms with Crippen LogP contribution >= 0.6 is 0 Å². The van der Waals surface area contributed by atoms with E-state index >= 15 is 0 Å². The topological polar surface area (TPSA) is 111 Å². The van der Waals surface area contributed by atoms with Gasteiger partial charge >= 0.3 is 0 Å². The number of nitrogens with one attached hydrogen (secondary N) is 2. The molecule has 0 fully saturated rings. The standard InChI is InChI=1S/C26H29N3O6/c1-5-32-22-15-19(16-23(33-6-2)24(22)34-7-3)25(30)29-28-17(4)18-10-12-20(13-11-18)27-26(31)21-9-8-14-35-21/h8-16H,5-7H2,1-4H3,(H,27,31)(H,29,30). The molecular formula is C26H29N3O6. The number of hydrazone groups is 1. The fraction of sp³-hybridized carbons (Fsp3) is 0.269. The van der Waals surface area contributed by atoms with Crippen LogP contribution in [-0.2, 0) is 0 Å². The molecule has 0 aliphatic heterocycles. The molecule has 35 heavy (non-hydrogen) atoms. The molecule has 0 spiro atoms. The average molecular weight is 480 g/mol. The molecule has 3 rings (SSSR count). The van der Waals surface area contributed by atoms with Gasteiger partial charge in [-0.05, 0) is 69.7 Å². The lowest BCUT2D eigenvalue weighted by Crippen LogP contribution is -2.20. The Kier molecular flexibility index (Phi) is 8.89. The van der Waals surface area contributed by atoms with Crippen molar-refractivity contribution in [2.45, 2.75) is 27.7 Å². The summed E-state index contributed by atoms with van der Waals surface area (Å²) in [4.78, 5) is 24.9. The molecule has 0 radical (unpaired) electrons. The molecule has 2 N–H and O–H groups in total. The van der Waals surface area contributed by atoms with E-state index in [1.54, 1.807) is 55.5 Å². The number of carbonyl (C=O) groups is 2. The molecule has 0 atom stereocenters. The van der Waals surface area contributed by atoms with Crippen LogP contribution in [0.4, 0.5) is 5.69 Å². The Bertz CT molecular complexity index is 1140. The minimum atomic E-state index is -0.420. The summed E-state index contributed by atoms with van der Waals surface area (Å²) in [5, 5.41) is 6.96. The van der Waals surface area contributed by atoms with Gasteiger partial charge in [0.1, 0.15) is 0 Å². The molecule has 184 valence electrons. The van der Waals surface area contributed by atoms with Crippen LogP contribution in [0, 0.1) is 0 Å². The predicted molar refractivity (Wildman–Crippen MR) is 133 cm³/mol. The molecule has 9 nitrogen and oxygen atoms in total. The minimum Gasteiger partial charge on any atom is -0.490 e. The van der Waals surface area contributed by atoms with Crippen LogP contribution in [0.1, 0.15) is 54.2 Å². The zero-order chi connectivity index (χ0) is 25.2. The third kappa shape index (κ3) is 6.63. The second-order valence-corrected chi connectivity index (χ2v) is 7.25. The molecule has 9 heteroatoms. The van der Waals surface area contributed by atoms with Crippen molar-refractivity contribution >= 4 is 23.2 Å². The quantitative estimate of drug-likeness (QED) is 0.299. The maximum Gasteiger partial charge on any atom is 0.291 e.